The molecule has 2 aliphatic rings. The van der Waals surface area contributed by atoms with Gasteiger partial charge < -0.3 is 9.64 Å². The van der Waals surface area contributed by atoms with Crippen molar-refractivity contribution >= 4 is 6.09 Å². The highest BCUT2D eigenvalue weighted by molar-refractivity contribution is 5.71. The number of hydrogen-bond donors (Lipinski definition) is 0. The van der Waals surface area contributed by atoms with Crippen LogP contribution in [0.5, 0.6) is 0 Å². The van der Waals surface area contributed by atoms with Crippen LogP contribution in [0.3, 0.4) is 0 Å². The third-order valence-electron chi connectivity index (χ3n) is 3.52. The van der Waals surface area contributed by atoms with Gasteiger partial charge in [0, 0.05) is 6.54 Å². The fourth-order valence-corrected chi connectivity index (χ4v) is 2.64. The number of ether oxygens (including phenoxy) is 1. The SMILES string of the molecule is Cc1ccc([C@H]2OC(=O)N3CCC[C@@H]23)cc1. The topological polar surface area (TPSA) is 29.5 Å². The van der Waals surface area contributed by atoms with Crippen LogP contribution >= 0.6 is 0 Å². The second-order valence-corrected chi connectivity index (χ2v) is 4.62. The Morgan fingerprint density at radius 1 is 1.31 bits per heavy atom. The fraction of sp³-hybridized carbons (Fsp3) is 0.462. The van der Waals surface area contributed by atoms with E-state index in [-0.39, 0.29) is 18.2 Å². The van der Waals surface area contributed by atoms with Gasteiger partial charge in [-0.05, 0) is 25.3 Å². The van der Waals surface area contributed by atoms with Gasteiger partial charge in [-0.15, -0.1) is 0 Å². The summed E-state index contributed by atoms with van der Waals surface area (Å²) in [6.07, 6.45) is 1.95. The van der Waals surface area contributed by atoms with E-state index in [2.05, 4.69) is 31.2 Å². The van der Waals surface area contributed by atoms with E-state index >= 15 is 0 Å². The zero-order chi connectivity index (χ0) is 11.1. The summed E-state index contributed by atoms with van der Waals surface area (Å²) in [7, 11) is 0. The van der Waals surface area contributed by atoms with Crippen molar-refractivity contribution in [3.05, 3.63) is 35.4 Å². The van der Waals surface area contributed by atoms with Crippen LogP contribution in [-0.2, 0) is 4.74 Å². The highest BCUT2D eigenvalue weighted by Crippen LogP contribution is 2.38. The van der Waals surface area contributed by atoms with Crippen molar-refractivity contribution in [2.45, 2.75) is 31.9 Å². The van der Waals surface area contributed by atoms with Gasteiger partial charge in [-0.25, -0.2) is 4.79 Å². The Labute approximate surface area is 95.0 Å². The number of hydrogen-bond acceptors (Lipinski definition) is 2. The van der Waals surface area contributed by atoms with Gasteiger partial charge >= 0.3 is 6.09 Å². The minimum atomic E-state index is -0.145. The minimum Gasteiger partial charge on any atom is -0.439 e. The van der Waals surface area contributed by atoms with Crippen LogP contribution in [0.25, 0.3) is 0 Å². The molecule has 0 bridgehead atoms. The number of aryl methyl sites for hydroxylation is 1. The monoisotopic (exact) mass is 217 g/mol. The normalized spacial score (nSPS) is 28.1. The zero-order valence-corrected chi connectivity index (χ0v) is 9.35. The second-order valence-electron chi connectivity index (χ2n) is 4.62. The van der Waals surface area contributed by atoms with Crippen LogP contribution in [0.15, 0.2) is 24.3 Å². The van der Waals surface area contributed by atoms with Crippen molar-refractivity contribution in [2.24, 2.45) is 0 Å². The number of carbonyl (C=O) groups is 1. The third kappa shape index (κ3) is 1.39. The van der Waals surface area contributed by atoms with Crippen LogP contribution in [0.4, 0.5) is 4.79 Å². The Kier molecular flexibility index (Phi) is 2.13. The first-order chi connectivity index (χ1) is 7.75. The summed E-state index contributed by atoms with van der Waals surface area (Å²) in [5.74, 6) is 0. The van der Waals surface area contributed by atoms with Crippen LogP contribution in [0.1, 0.15) is 30.1 Å². The summed E-state index contributed by atoms with van der Waals surface area (Å²) in [5, 5.41) is 0. The van der Waals surface area contributed by atoms with E-state index in [1.807, 2.05) is 4.90 Å². The lowest BCUT2D eigenvalue weighted by Gasteiger charge is -2.16. The molecule has 2 aliphatic heterocycles. The predicted molar refractivity (Wildman–Crippen MR) is 60.1 cm³/mol. The van der Waals surface area contributed by atoms with Gasteiger partial charge in [0.15, 0.2) is 0 Å². The molecular formula is C13H15NO2. The summed E-state index contributed by atoms with van der Waals surface area (Å²) in [5.41, 5.74) is 2.35. The number of cyclic esters (lactones) is 1. The molecule has 3 nitrogen and oxygen atoms in total. The van der Waals surface area contributed by atoms with Gasteiger partial charge in [0.05, 0.1) is 6.04 Å². The number of rotatable bonds is 1. The number of carbonyl (C=O) groups excluding carboxylic acids is 1. The van der Waals surface area contributed by atoms with E-state index in [9.17, 15) is 4.79 Å². The van der Waals surface area contributed by atoms with Crippen molar-refractivity contribution in [3.63, 3.8) is 0 Å². The lowest BCUT2D eigenvalue weighted by Crippen LogP contribution is -2.27. The summed E-state index contributed by atoms with van der Waals surface area (Å²) in [4.78, 5) is 13.5. The van der Waals surface area contributed by atoms with E-state index in [1.54, 1.807) is 0 Å². The molecular weight excluding hydrogens is 202 g/mol. The van der Waals surface area contributed by atoms with Gasteiger partial charge in [-0.3, -0.25) is 0 Å². The van der Waals surface area contributed by atoms with E-state index in [0.29, 0.717) is 0 Å². The third-order valence-corrected chi connectivity index (χ3v) is 3.52. The second kappa shape index (κ2) is 3.51. The van der Waals surface area contributed by atoms with Gasteiger partial charge in [-0.2, -0.15) is 0 Å². The molecule has 3 rings (SSSR count). The molecule has 16 heavy (non-hydrogen) atoms. The first-order valence-corrected chi connectivity index (χ1v) is 5.79. The first kappa shape index (κ1) is 9.70. The van der Waals surface area contributed by atoms with Crippen LogP contribution in [-0.4, -0.2) is 23.6 Å². The highest BCUT2D eigenvalue weighted by Gasteiger charge is 2.44. The number of amides is 1. The van der Waals surface area contributed by atoms with E-state index < -0.39 is 0 Å². The van der Waals surface area contributed by atoms with E-state index in [0.717, 1.165) is 24.9 Å². The maximum atomic E-state index is 11.6. The summed E-state index contributed by atoms with van der Waals surface area (Å²) >= 11 is 0. The maximum absolute atomic E-state index is 11.6. The molecule has 0 radical (unpaired) electrons. The summed E-state index contributed by atoms with van der Waals surface area (Å²) < 4.78 is 5.44. The Morgan fingerprint density at radius 3 is 2.81 bits per heavy atom. The Hall–Kier alpha value is -1.51. The fourth-order valence-electron chi connectivity index (χ4n) is 2.64. The van der Waals surface area contributed by atoms with Crippen molar-refractivity contribution in [2.75, 3.05) is 6.54 Å². The smallest absolute Gasteiger partial charge is 0.410 e. The molecule has 1 amide bonds. The Morgan fingerprint density at radius 2 is 2.06 bits per heavy atom. The molecule has 1 aromatic carbocycles. The van der Waals surface area contributed by atoms with E-state index in [4.69, 9.17) is 4.74 Å². The molecule has 2 fully saturated rings. The Bertz CT molecular complexity index is 412. The van der Waals surface area contributed by atoms with Crippen LogP contribution in [0.2, 0.25) is 0 Å². The highest BCUT2D eigenvalue weighted by atomic mass is 16.6. The molecule has 3 heteroatoms. The van der Waals surface area contributed by atoms with Gasteiger partial charge in [0.1, 0.15) is 6.10 Å². The first-order valence-electron chi connectivity index (χ1n) is 5.79. The average Bonchev–Trinajstić information content (AvgIpc) is 2.84. The van der Waals surface area contributed by atoms with Crippen molar-refractivity contribution in [1.29, 1.82) is 0 Å². The van der Waals surface area contributed by atoms with Crippen molar-refractivity contribution < 1.29 is 9.53 Å². The molecule has 2 saturated heterocycles. The number of fused-ring (bicyclic) bond motifs is 1. The molecule has 84 valence electrons. The molecule has 1 aromatic rings. The maximum Gasteiger partial charge on any atom is 0.410 e. The molecule has 2 atom stereocenters. The Balaban J connectivity index is 1.90. The average molecular weight is 217 g/mol. The summed E-state index contributed by atoms with van der Waals surface area (Å²) in [6, 6.07) is 8.53. The largest absolute Gasteiger partial charge is 0.439 e. The van der Waals surface area contributed by atoms with Crippen molar-refractivity contribution in [3.8, 4) is 0 Å². The molecule has 0 aromatic heterocycles. The quantitative estimate of drug-likeness (QED) is 0.723. The molecule has 0 unspecified atom stereocenters. The van der Waals surface area contributed by atoms with Crippen LogP contribution in [0, 0.1) is 6.92 Å². The zero-order valence-electron chi connectivity index (χ0n) is 9.35. The van der Waals surface area contributed by atoms with Gasteiger partial charge in [0.2, 0.25) is 0 Å². The number of nitrogens with zero attached hydrogens (tertiary/aromatic N) is 1. The molecule has 2 heterocycles. The lowest BCUT2D eigenvalue weighted by molar-refractivity contribution is 0.127. The summed E-state index contributed by atoms with van der Waals surface area (Å²) in [6.45, 7) is 2.91. The molecule has 0 N–H and O–H groups in total. The van der Waals surface area contributed by atoms with Gasteiger partial charge in [0.25, 0.3) is 0 Å². The molecule has 0 aliphatic carbocycles. The standard InChI is InChI=1S/C13H15NO2/c1-9-4-6-10(7-5-9)12-11-3-2-8-14(11)13(15)16-12/h4-7,11-12H,2-3,8H2,1H3/t11-,12+/m0/s1. The van der Waals surface area contributed by atoms with E-state index in [1.165, 1.54) is 5.56 Å². The minimum absolute atomic E-state index is 0.0596. The van der Waals surface area contributed by atoms with Crippen molar-refractivity contribution in [1.82, 2.24) is 4.90 Å². The van der Waals surface area contributed by atoms with Gasteiger partial charge in [-0.1, -0.05) is 29.8 Å². The molecule has 0 spiro atoms. The lowest BCUT2D eigenvalue weighted by atomic mass is 10.0. The van der Waals surface area contributed by atoms with Crippen LogP contribution < -0.4 is 0 Å². The number of benzene rings is 1. The molecule has 0 saturated carbocycles. The predicted octanol–water partition coefficient (Wildman–Crippen LogP) is 2.65.